The van der Waals surface area contributed by atoms with Crippen LogP contribution in [0.5, 0.6) is 0 Å². The summed E-state index contributed by atoms with van der Waals surface area (Å²) in [4.78, 5) is 24.5. The summed E-state index contributed by atoms with van der Waals surface area (Å²) in [5.74, 6) is -0.292. The summed E-state index contributed by atoms with van der Waals surface area (Å²) in [6.07, 6.45) is 6.03. The Balaban J connectivity index is 1.89. The van der Waals surface area contributed by atoms with Crippen LogP contribution in [-0.2, 0) is 11.2 Å². The fourth-order valence-electron chi connectivity index (χ4n) is 3.08. The molecule has 5 nitrogen and oxygen atoms in total. The molecule has 0 saturated carbocycles. The fourth-order valence-corrected chi connectivity index (χ4v) is 3.08. The van der Waals surface area contributed by atoms with E-state index >= 15 is 0 Å². The summed E-state index contributed by atoms with van der Waals surface area (Å²) in [5.41, 5.74) is 3.74. The first-order valence-electron chi connectivity index (χ1n) is 9.46. The summed E-state index contributed by atoms with van der Waals surface area (Å²) in [7, 11) is 0. The second kappa shape index (κ2) is 9.90. The Morgan fingerprint density at radius 1 is 1.04 bits per heavy atom. The van der Waals surface area contributed by atoms with E-state index in [1.807, 2.05) is 44.2 Å². The average molecular weight is 355 g/mol. The van der Waals surface area contributed by atoms with Crippen LogP contribution in [0.4, 0.5) is 5.69 Å². The van der Waals surface area contributed by atoms with Crippen molar-refractivity contribution < 1.29 is 9.59 Å². The molecule has 0 aliphatic heterocycles. The molecule has 0 spiro atoms. The summed E-state index contributed by atoms with van der Waals surface area (Å²) >= 11 is 0. The van der Waals surface area contributed by atoms with Crippen LogP contribution in [0.2, 0.25) is 0 Å². The van der Waals surface area contributed by atoms with E-state index in [4.69, 9.17) is 0 Å². The third-order valence-electron chi connectivity index (χ3n) is 4.58. The maximum atomic E-state index is 12.5. The number of aromatic nitrogens is 2. The smallest absolute Gasteiger partial charge is 0.247 e. The summed E-state index contributed by atoms with van der Waals surface area (Å²) < 4.78 is 1.47. The van der Waals surface area contributed by atoms with Crippen LogP contribution in [0.25, 0.3) is 0 Å². The minimum Gasteiger partial charge on any atom is -0.326 e. The third-order valence-corrected chi connectivity index (χ3v) is 4.58. The van der Waals surface area contributed by atoms with Crippen LogP contribution >= 0.6 is 0 Å². The van der Waals surface area contributed by atoms with Gasteiger partial charge in [0.2, 0.25) is 11.8 Å². The van der Waals surface area contributed by atoms with Crippen molar-refractivity contribution >= 4 is 17.5 Å². The van der Waals surface area contributed by atoms with E-state index in [1.54, 1.807) is 0 Å². The van der Waals surface area contributed by atoms with Crippen molar-refractivity contribution in [3.05, 3.63) is 47.3 Å². The van der Waals surface area contributed by atoms with Gasteiger partial charge in [0.15, 0.2) is 0 Å². The molecule has 1 amide bonds. The monoisotopic (exact) mass is 355 g/mol. The highest BCUT2D eigenvalue weighted by Crippen LogP contribution is 2.17. The van der Waals surface area contributed by atoms with Gasteiger partial charge in [-0.2, -0.15) is 5.10 Å². The van der Waals surface area contributed by atoms with Gasteiger partial charge in [0.05, 0.1) is 5.69 Å². The number of aryl methyl sites for hydroxylation is 1. The molecule has 0 saturated heterocycles. The van der Waals surface area contributed by atoms with E-state index in [1.165, 1.54) is 29.5 Å². The second-order valence-electron chi connectivity index (χ2n) is 6.68. The predicted octanol–water partition coefficient (Wildman–Crippen LogP) is 4.68. The maximum absolute atomic E-state index is 12.5. The first kappa shape index (κ1) is 19.9. The molecule has 1 heterocycles. The average Bonchev–Trinajstić information content (AvgIpc) is 2.92. The van der Waals surface area contributed by atoms with Crippen LogP contribution in [0.3, 0.4) is 0 Å². The molecule has 140 valence electrons. The summed E-state index contributed by atoms with van der Waals surface area (Å²) in [5, 5.41) is 7.21. The molecule has 0 aliphatic rings. The normalized spacial score (nSPS) is 10.7. The molecule has 1 aromatic heterocycles. The lowest BCUT2D eigenvalue weighted by molar-refractivity contribution is -0.116. The molecule has 1 aromatic carbocycles. The zero-order valence-electron chi connectivity index (χ0n) is 16.0. The van der Waals surface area contributed by atoms with E-state index in [0.29, 0.717) is 0 Å². The van der Waals surface area contributed by atoms with Crippen molar-refractivity contribution in [1.82, 2.24) is 9.78 Å². The number of hydrogen-bond acceptors (Lipinski definition) is 3. The van der Waals surface area contributed by atoms with Gasteiger partial charge in [0.1, 0.15) is 0 Å². The Morgan fingerprint density at radius 2 is 1.77 bits per heavy atom. The molecule has 2 rings (SSSR count). The van der Waals surface area contributed by atoms with Gasteiger partial charge in [-0.25, -0.2) is 4.68 Å². The fraction of sp³-hybridized carbons (Fsp3) is 0.476. The van der Waals surface area contributed by atoms with Gasteiger partial charge in [-0.1, -0.05) is 44.4 Å². The van der Waals surface area contributed by atoms with Gasteiger partial charge in [-0.05, 0) is 44.4 Å². The van der Waals surface area contributed by atoms with Gasteiger partial charge in [-0.15, -0.1) is 0 Å². The van der Waals surface area contributed by atoms with Crippen LogP contribution in [0.15, 0.2) is 30.3 Å². The highest BCUT2D eigenvalue weighted by atomic mass is 16.2. The molecule has 5 heteroatoms. The number of hydrogen-bond donors (Lipinski definition) is 1. The van der Waals surface area contributed by atoms with Crippen molar-refractivity contribution in [2.75, 3.05) is 5.32 Å². The molecule has 0 atom stereocenters. The quantitative estimate of drug-likeness (QED) is 0.664. The maximum Gasteiger partial charge on any atom is 0.247 e. The van der Waals surface area contributed by atoms with Crippen molar-refractivity contribution in [3.63, 3.8) is 0 Å². The number of carbonyl (C=O) groups is 2. The molecule has 1 N–H and O–H groups in total. The molecular formula is C21H29N3O2. The lowest BCUT2D eigenvalue weighted by Crippen LogP contribution is -2.18. The molecule has 0 aliphatic carbocycles. The number of amides is 1. The van der Waals surface area contributed by atoms with Gasteiger partial charge in [-0.3, -0.25) is 9.59 Å². The Labute approximate surface area is 155 Å². The topological polar surface area (TPSA) is 64.0 Å². The molecular weight excluding hydrogens is 326 g/mol. The summed E-state index contributed by atoms with van der Waals surface area (Å²) in [6.45, 7) is 6.09. The number of benzene rings is 1. The molecule has 0 bridgehead atoms. The zero-order valence-corrected chi connectivity index (χ0v) is 16.0. The van der Waals surface area contributed by atoms with Gasteiger partial charge in [0.25, 0.3) is 0 Å². The van der Waals surface area contributed by atoms with Gasteiger partial charge in [0, 0.05) is 24.2 Å². The summed E-state index contributed by atoms with van der Waals surface area (Å²) in [6, 6.07) is 9.26. The molecule has 0 radical (unpaired) electrons. The van der Waals surface area contributed by atoms with Crippen molar-refractivity contribution in [1.29, 1.82) is 0 Å². The molecule has 2 aromatic rings. The Morgan fingerprint density at radius 3 is 2.46 bits per heavy atom. The standard InChI is InChI=1S/C21H29N3O2/c1-4-5-6-10-13-19-16(2)23-24(17(19)3)21(26)15-14-20(25)22-18-11-8-7-9-12-18/h7-9,11-12H,4-6,10,13-15H2,1-3H3,(H,22,25). The lowest BCUT2D eigenvalue weighted by atomic mass is 10.0. The zero-order chi connectivity index (χ0) is 18.9. The lowest BCUT2D eigenvalue weighted by Gasteiger charge is -2.06. The SMILES string of the molecule is CCCCCCc1c(C)nn(C(=O)CCC(=O)Nc2ccccc2)c1C. The molecule has 26 heavy (non-hydrogen) atoms. The number of anilines is 1. The first-order valence-corrected chi connectivity index (χ1v) is 9.46. The van der Waals surface area contributed by atoms with Crippen LogP contribution in [0.1, 0.15) is 67.2 Å². The van der Waals surface area contributed by atoms with E-state index in [9.17, 15) is 9.59 Å². The minimum atomic E-state index is -0.161. The number of rotatable bonds is 9. The van der Waals surface area contributed by atoms with Gasteiger partial charge >= 0.3 is 0 Å². The second-order valence-corrected chi connectivity index (χ2v) is 6.68. The van der Waals surface area contributed by atoms with Crippen LogP contribution < -0.4 is 5.32 Å². The largest absolute Gasteiger partial charge is 0.326 e. The predicted molar refractivity (Wildman–Crippen MR) is 104 cm³/mol. The van der Waals surface area contributed by atoms with Crippen LogP contribution in [0, 0.1) is 13.8 Å². The molecule has 0 unspecified atom stereocenters. The Hall–Kier alpha value is -2.43. The minimum absolute atomic E-state index is 0.131. The number of nitrogens with zero attached hydrogens (tertiary/aromatic N) is 2. The first-order chi connectivity index (χ1) is 12.5. The number of unbranched alkanes of at least 4 members (excludes halogenated alkanes) is 3. The number of para-hydroxylation sites is 1. The Bertz CT molecular complexity index is 735. The van der Waals surface area contributed by atoms with Gasteiger partial charge < -0.3 is 5.32 Å². The van der Waals surface area contributed by atoms with Crippen LogP contribution in [-0.4, -0.2) is 21.6 Å². The van der Waals surface area contributed by atoms with E-state index in [2.05, 4.69) is 17.3 Å². The highest BCUT2D eigenvalue weighted by Gasteiger charge is 2.17. The van der Waals surface area contributed by atoms with Crippen molar-refractivity contribution in [2.45, 2.75) is 65.7 Å². The van der Waals surface area contributed by atoms with E-state index < -0.39 is 0 Å². The van der Waals surface area contributed by atoms with E-state index in [0.717, 1.165) is 29.9 Å². The van der Waals surface area contributed by atoms with E-state index in [-0.39, 0.29) is 24.7 Å². The highest BCUT2D eigenvalue weighted by molar-refractivity contribution is 5.93. The number of nitrogens with one attached hydrogen (secondary N) is 1. The molecule has 0 fully saturated rings. The number of carbonyl (C=O) groups excluding carboxylic acids is 2. The van der Waals surface area contributed by atoms with Crippen molar-refractivity contribution in [2.24, 2.45) is 0 Å². The third kappa shape index (κ3) is 5.55. The Kier molecular flexibility index (Phi) is 7.57. The van der Waals surface area contributed by atoms with Crippen molar-refractivity contribution in [3.8, 4) is 0 Å².